The molecule has 0 saturated heterocycles. The van der Waals surface area contributed by atoms with Gasteiger partial charge in [0.15, 0.2) is 0 Å². The summed E-state index contributed by atoms with van der Waals surface area (Å²) in [4.78, 5) is 15.4. The van der Waals surface area contributed by atoms with Gasteiger partial charge in [0.1, 0.15) is 0 Å². The van der Waals surface area contributed by atoms with Crippen molar-refractivity contribution in [1.29, 1.82) is 0 Å². The largest absolute Gasteiger partial charge is 0.478 e. The Bertz CT molecular complexity index is 665. The highest BCUT2D eigenvalue weighted by Gasteiger charge is 2.16. The lowest BCUT2D eigenvalue weighted by atomic mass is 10.0. The zero-order valence-electron chi connectivity index (χ0n) is 10.6. The third-order valence-corrected chi connectivity index (χ3v) is 3.46. The van der Waals surface area contributed by atoms with Gasteiger partial charge in [0.05, 0.1) is 17.0 Å². The summed E-state index contributed by atoms with van der Waals surface area (Å²) in [5.41, 5.74) is 5.14. The normalized spacial score (nSPS) is 12.9. The second-order valence-electron chi connectivity index (χ2n) is 4.64. The Morgan fingerprint density at radius 3 is 2.89 bits per heavy atom. The van der Waals surface area contributed by atoms with Gasteiger partial charge in [-0.2, -0.15) is 0 Å². The Kier molecular flexibility index (Phi) is 2.71. The molecule has 0 aliphatic carbocycles. The number of hydrogen-bond acceptors (Lipinski definition) is 3. The van der Waals surface area contributed by atoms with E-state index in [2.05, 4.69) is 16.4 Å². The first-order valence-corrected chi connectivity index (χ1v) is 6.24. The molecule has 0 unspecified atom stereocenters. The van der Waals surface area contributed by atoms with Crippen LogP contribution >= 0.6 is 0 Å². The Hall–Kier alpha value is -2.36. The second kappa shape index (κ2) is 4.39. The molecule has 2 N–H and O–H groups in total. The number of anilines is 1. The van der Waals surface area contributed by atoms with Crippen LogP contribution in [-0.2, 0) is 6.42 Å². The Labute approximate surface area is 111 Å². The molecule has 2 heterocycles. The zero-order valence-corrected chi connectivity index (χ0v) is 10.6. The lowest BCUT2D eigenvalue weighted by Crippen LogP contribution is -2.02. The minimum atomic E-state index is -0.934. The fourth-order valence-corrected chi connectivity index (χ4v) is 2.52. The molecular weight excluding hydrogens is 240 g/mol. The van der Waals surface area contributed by atoms with E-state index in [0.29, 0.717) is 5.69 Å². The van der Waals surface area contributed by atoms with E-state index in [1.165, 1.54) is 5.56 Å². The summed E-state index contributed by atoms with van der Waals surface area (Å²) >= 11 is 0. The molecule has 19 heavy (non-hydrogen) atoms. The van der Waals surface area contributed by atoms with E-state index in [-0.39, 0.29) is 5.56 Å². The van der Waals surface area contributed by atoms with Crippen LogP contribution in [0, 0.1) is 6.92 Å². The van der Waals surface area contributed by atoms with Gasteiger partial charge in [0.25, 0.3) is 0 Å². The van der Waals surface area contributed by atoms with Crippen LogP contribution in [0.3, 0.4) is 0 Å². The highest BCUT2D eigenvalue weighted by molar-refractivity contribution is 5.89. The maximum absolute atomic E-state index is 11.0. The van der Waals surface area contributed by atoms with Gasteiger partial charge in [-0.05, 0) is 37.1 Å². The van der Waals surface area contributed by atoms with Crippen molar-refractivity contribution in [2.24, 2.45) is 0 Å². The number of pyridine rings is 1. The lowest BCUT2D eigenvalue weighted by Gasteiger charge is -2.09. The fourth-order valence-electron chi connectivity index (χ4n) is 2.52. The Balaban J connectivity index is 2.11. The molecule has 2 aromatic rings. The van der Waals surface area contributed by atoms with Gasteiger partial charge in [-0.15, -0.1) is 0 Å². The van der Waals surface area contributed by atoms with Crippen LogP contribution in [0.1, 0.15) is 21.6 Å². The Morgan fingerprint density at radius 1 is 1.32 bits per heavy atom. The van der Waals surface area contributed by atoms with Gasteiger partial charge in [-0.1, -0.05) is 12.1 Å². The molecule has 1 aromatic carbocycles. The molecule has 0 saturated carbocycles. The van der Waals surface area contributed by atoms with Crippen LogP contribution in [0.2, 0.25) is 0 Å². The van der Waals surface area contributed by atoms with Crippen molar-refractivity contribution in [3.63, 3.8) is 0 Å². The SMILES string of the molecule is Cc1nc(-c2cccc3c2CCN3)ccc1C(=O)O. The molecule has 0 atom stereocenters. The van der Waals surface area contributed by atoms with Crippen molar-refractivity contribution in [3.05, 3.63) is 47.2 Å². The topological polar surface area (TPSA) is 62.2 Å². The van der Waals surface area contributed by atoms with E-state index in [1.54, 1.807) is 19.1 Å². The van der Waals surface area contributed by atoms with E-state index in [1.807, 2.05) is 12.1 Å². The number of rotatable bonds is 2. The van der Waals surface area contributed by atoms with Gasteiger partial charge >= 0.3 is 5.97 Å². The number of nitrogens with zero attached hydrogens (tertiary/aromatic N) is 1. The van der Waals surface area contributed by atoms with Crippen LogP contribution in [0.5, 0.6) is 0 Å². The molecular formula is C15H14N2O2. The van der Waals surface area contributed by atoms with Gasteiger partial charge in [-0.25, -0.2) is 4.79 Å². The summed E-state index contributed by atoms with van der Waals surface area (Å²) in [6, 6.07) is 9.50. The lowest BCUT2D eigenvalue weighted by molar-refractivity contribution is 0.0695. The number of benzene rings is 1. The molecule has 1 aliphatic heterocycles. The number of fused-ring (bicyclic) bond motifs is 1. The second-order valence-corrected chi connectivity index (χ2v) is 4.64. The predicted octanol–water partition coefficient (Wildman–Crippen LogP) is 2.72. The molecule has 3 rings (SSSR count). The summed E-state index contributed by atoms with van der Waals surface area (Å²) in [6.07, 6.45) is 0.979. The average molecular weight is 254 g/mol. The summed E-state index contributed by atoms with van der Waals surface area (Å²) < 4.78 is 0. The minimum Gasteiger partial charge on any atom is -0.478 e. The molecule has 96 valence electrons. The maximum Gasteiger partial charge on any atom is 0.337 e. The molecule has 0 radical (unpaired) electrons. The average Bonchev–Trinajstić information content (AvgIpc) is 2.86. The van der Waals surface area contributed by atoms with E-state index in [0.717, 1.165) is 29.9 Å². The van der Waals surface area contributed by atoms with Gasteiger partial charge in [0.2, 0.25) is 0 Å². The van der Waals surface area contributed by atoms with Gasteiger partial charge in [0, 0.05) is 17.8 Å². The highest BCUT2D eigenvalue weighted by Crippen LogP contribution is 2.32. The molecule has 0 amide bonds. The molecule has 0 spiro atoms. The Morgan fingerprint density at radius 2 is 2.16 bits per heavy atom. The van der Waals surface area contributed by atoms with Crippen molar-refractivity contribution < 1.29 is 9.90 Å². The number of carboxylic acid groups (broad SMARTS) is 1. The van der Waals surface area contributed by atoms with Crippen LogP contribution in [0.15, 0.2) is 30.3 Å². The molecule has 0 bridgehead atoms. The number of hydrogen-bond donors (Lipinski definition) is 2. The molecule has 1 aromatic heterocycles. The van der Waals surface area contributed by atoms with Crippen molar-refractivity contribution in [2.45, 2.75) is 13.3 Å². The standard InChI is InChI=1S/C15H14N2O2/c1-9-10(15(18)19)5-6-14(17-9)11-3-2-4-13-12(11)7-8-16-13/h2-6,16H,7-8H2,1H3,(H,18,19). The van der Waals surface area contributed by atoms with Gasteiger partial charge in [-0.3, -0.25) is 4.98 Å². The quantitative estimate of drug-likeness (QED) is 0.865. The smallest absolute Gasteiger partial charge is 0.337 e. The first kappa shape index (κ1) is 11.7. The number of carboxylic acids is 1. The zero-order chi connectivity index (χ0) is 13.4. The number of aromatic nitrogens is 1. The molecule has 4 nitrogen and oxygen atoms in total. The van der Waals surface area contributed by atoms with Gasteiger partial charge < -0.3 is 10.4 Å². The molecule has 1 aliphatic rings. The molecule has 0 fully saturated rings. The monoisotopic (exact) mass is 254 g/mol. The van der Waals surface area contributed by atoms with Crippen molar-refractivity contribution >= 4 is 11.7 Å². The number of carbonyl (C=O) groups is 1. The predicted molar refractivity (Wildman–Crippen MR) is 73.6 cm³/mol. The van der Waals surface area contributed by atoms with Crippen molar-refractivity contribution in [2.75, 3.05) is 11.9 Å². The van der Waals surface area contributed by atoms with Crippen LogP contribution < -0.4 is 5.32 Å². The van der Waals surface area contributed by atoms with Crippen LogP contribution in [0.25, 0.3) is 11.3 Å². The van der Waals surface area contributed by atoms with Crippen molar-refractivity contribution in [1.82, 2.24) is 4.98 Å². The minimum absolute atomic E-state index is 0.259. The number of nitrogens with one attached hydrogen (secondary N) is 1. The van der Waals surface area contributed by atoms with E-state index >= 15 is 0 Å². The highest BCUT2D eigenvalue weighted by atomic mass is 16.4. The number of aryl methyl sites for hydroxylation is 1. The maximum atomic E-state index is 11.0. The first-order valence-electron chi connectivity index (χ1n) is 6.24. The number of aromatic carboxylic acids is 1. The summed E-state index contributed by atoms with van der Waals surface area (Å²) in [5, 5.41) is 12.4. The van der Waals surface area contributed by atoms with E-state index in [9.17, 15) is 4.79 Å². The van der Waals surface area contributed by atoms with E-state index < -0.39 is 5.97 Å². The summed E-state index contributed by atoms with van der Waals surface area (Å²) in [6.45, 7) is 2.67. The van der Waals surface area contributed by atoms with Crippen LogP contribution in [-0.4, -0.2) is 22.6 Å². The third-order valence-electron chi connectivity index (χ3n) is 3.46. The van der Waals surface area contributed by atoms with Crippen molar-refractivity contribution in [3.8, 4) is 11.3 Å². The summed E-state index contributed by atoms with van der Waals surface area (Å²) in [5.74, 6) is -0.934. The summed E-state index contributed by atoms with van der Waals surface area (Å²) in [7, 11) is 0. The third kappa shape index (κ3) is 1.95. The van der Waals surface area contributed by atoms with E-state index in [4.69, 9.17) is 5.11 Å². The van der Waals surface area contributed by atoms with Crippen LogP contribution in [0.4, 0.5) is 5.69 Å². The molecule has 4 heteroatoms. The first-order chi connectivity index (χ1) is 9.16. The fraction of sp³-hybridized carbons (Fsp3) is 0.200.